The van der Waals surface area contributed by atoms with Gasteiger partial charge in [0.15, 0.2) is 0 Å². The summed E-state index contributed by atoms with van der Waals surface area (Å²) in [5.74, 6) is -1.02. The van der Waals surface area contributed by atoms with Crippen molar-refractivity contribution >= 4 is 23.6 Å². The predicted octanol–water partition coefficient (Wildman–Crippen LogP) is 2.09. The molecule has 3 atom stereocenters. The maximum Gasteiger partial charge on any atom is 0.328 e. The summed E-state index contributed by atoms with van der Waals surface area (Å²) in [5.41, 5.74) is 0.733. The van der Waals surface area contributed by atoms with Crippen LogP contribution in [0.1, 0.15) is 26.2 Å². The summed E-state index contributed by atoms with van der Waals surface area (Å²) < 4.78 is 5.11. The topological polar surface area (TPSA) is 75.7 Å². The molecule has 1 aromatic carbocycles. The number of amides is 3. The number of imide groups is 1. The van der Waals surface area contributed by atoms with Crippen molar-refractivity contribution in [2.24, 2.45) is 11.8 Å². The normalized spacial score (nSPS) is 27.2. The number of para-hydroxylation sites is 1. The molecule has 1 heterocycles. The van der Waals surface area contributed by atoms with E-state index in [-0.39, 0.29) is 29.8 Å². The molecule has 1 aliphatic heterocycles. The summed E-state index contributed by atoms with van der Waals surface area (Å²) in [5, 5.41) is 2.43. The van der Waals surface area contributed by atoms with Crippen molar-refractivity contribution in [3.05, 3.63) is 30.3 Å². The van der Waals surface area contributed by atoms with Crippen molar-refractivity contribution < 1.29 is 19.1 Å². The van der Waals surface area contributed by atoms with Crippen LogP contribution in [0.2, 0.25) is 0 Å². The van der Waals surface area contributed by atoms with E-state index in [0.29, 0.717) is 25.9 Å². The van der Waals surface area contributed by atoms with E-state index in [2.05, 4.69) is 5.32 Å². The number of ether oxygens (including phenoxy) is 1. The number of carbonyl (C=O) groups excluding carboxylic acids is 3. The number of fused-ring (bicyclic) bond motifs is 1. The molecule has 1 aliphatic carbocycles. The third-order valence-corrected chi connectivity index (χ3v) is 4.59. The van der Waals surface area contributed by atoms with Gasteiger partial charge in [-0.15, -0.1) is 0 Å². The minimum absolute atomic E-state index is 0.239. The molecule has 6 nitrogen and oxygen atoms in total. The SMILES string of the molecule is CCOC(=O)C1CCC2C(=O)NC(=O)N(c3ccccc3)C2C1. The zero-order valence-electron chi connectivity index (χ0n) is 13.0. The van der Waals surface area contributed by atoms with Gasteiger partial charge < -0.3 is 4.74 Å². The van der Waals surface area contributed by atoms with E-state index < -0.39 is 6.03 Å². The van der Waals surface area contributed by atoms with Crippen molar-refractivity contribution in [1.29, 1.82) is 0 Å². The number of nitrogens with one attached hydrogen (secondary N) is 1. The van der Waals surface area contributed by atoms with Gasteiger partial charge in [-0.1, -0.05) is 18.2 Å². The highest BCUT2D eigenvalue weighted by Crippen LogP contribution is 2.37. The van der Waals surface area contributed by atoms with Crippen LogP contribution in [-0.4, -0.2) is 30.6 Å². The largest absolute Gasteiger partial charge is 0.466 e. The van der Waals surface area contributed by atoms with Crippen molar-refractivity contribution in [3.8, 4) is 0 Å². The Labute approximate surface area is 134 Å². The standard InChI is InChI=1S/C17H20N2O4/c1-2-23-16(21)11-8-9-13-14(10-11)19(17(22)18-15(13)20)12-6-4-3-5-7-12/h3-7,11,13-14H,2,8-10H2,1H3,(H,18,20,22). The summed E-state index contributed by atoms with van der Waals surface area (Å²) in [7, 11) is 0. The second-order valence-corrected chi connectivity index (χ2v) is 5.94. The molecule has 122 valence electrons. The van der Waals surface area contributed by atoms with E-state index in [1.807, 2.05) is 30.3 Å². The van der Waals surface area contributed by atoms with E-state index in [4.69, 9.17) is 4.74 Å². The van der Waals surface area contributed by atoms with Crippen LogP contribution in [0.3, 0.4) is 0 Å². The molecule has 1 saturated carbocycles. The molecule has 23 heavy (non-hydrogen) atoms. The summed E-state index contributed by atoms with van der Waals surface area (Å²) in [6, 6.07) is 8.50. The van der Waals surface area contributed by atoms with Gasteiger partial charge in [0.05, 0.1) is 24.5 Å². The summed E-state index contributed by atoms with van der Waals surface area (Å²) in [6.45, 7) is 2.11. The molecule has 0 bridgehead atoms. The highest BCUT2D eigenvalue weighted by molar-refractivity contribution is 6.07. The molecule has 2 fully saturated rings. The summed E-state index contributed by atoms with van der Waals surface area (Å²) in [4.78, 5) is 38.1. The Bertz CT molecular complexity index is 616. The lowest BCUT2D eigenvalue weighted by Gasteiger charge is -2.44. The van der Waals surface area contributed by atoms with Crippen molar-refractivity contribution in [2.75, 3.05) is 11.5 Å². The fourth-order valence-corrected chi connectivity index (χ4v) is 3.52. The number of esters is 1. The average molecular weight is 316 g/mol. The molecule has 0 spiro atoms. The Morgan fingerprint density at radius 3 is 2.70 bits per heavy atom. The highest BCUT2D eigenvalue weighted by Gasteiger charge is 2.46. The molecular weight excluding hydrogens is 296 g/mol. The van der Waals surface area contributed by atoms with Gasteiger partial charge in [-0.05, 0) is 38.3 Å². The Morgan fingerprint density at radius 1 is 1.26 bits per heavy atom. The Kier molecular flexibility index (Phi) is 4.32. The third-order valence-electron chi connectivity index (χ3n) is 4.59. The molecule has 1 saturated heterocycles. The first-order valence-electron chi connectivity index (χ1n) is 7.97. The number of carbonyl (C=O) groups is 3. The Morgan fingerprint density at radius 2 is 2.00 bits per heavy atom. The number of benzene rings is 1. The van der Waals surface area contributed by atoms with Crippen LogP contribution in [-0.2, 0) is 14.3 Å². The second-order valence-electron chi connectivity index (χ2n) is 5.94. The van der Waals surface area contributed by atoms with E-state index in [0.717, 1.165) is 5.69 Å². The lowest BCUT2D eigenvalue weighted by molar-refractivity contribution is -0.150. The zero-order chi connectivity index (χ0) is 16.4. The number of rotatable bonds is 3. The van der Waals surface area contributed by atoms with Gasteiger partial charge in [0.25, 0.3) is 0 Å². The average Bonchev–Trinajstić information content (AvgIpc) is 2.55. The molecule has 0 radical (unpaired) electrons. The van der Waals surface area contributed by atoms with Gasteiger partial charge in [0.2, 0.25) is 5.91 Å². The molecule has 2 aliphatic rings. The van der Waals surface area contributed by atoms with Crippen LogP contribution in [0.4, 0.5) is 10.5 Å². The molecule has 3 unspecified atom stereocenters. The van der Waals surface area contributed by atoms with Gasteiger partial charge in [0.1, 0.15) is 0 Å². The smallest absolute Gasteiger partial charge is 0.328 e. The minimum Gasteiger partial charge on any atom is -0.466 e. The van der Waals surface area contributed by atoms with E-state index in [9.17, 15) is 14.4 Å². The molecule has 1 aromatic rings. The summed E-state index contributed by atoms with van der Waals surface area (Å²) >= 11 is 0. The van der Waals surface area contributed by atoms with Gasteiger partial charge in [-0.2, -0.15) is 0 Å². The van der Waals surface area contributed by atoms with Crippen molar-refractivity contribution in [1.82, 2.24) is 5.32 Å². The number of nitrogens with zero attached hydrogens (tertiary/aromatic N) is 1. The van der Waals surface area contributed by atoms with Crippen molar-refractivity contribution in [3.63, 3.8) is 0 Å². The Hall–Kier alpha value is -2.37. The summed E-state index contributed by atoms with van der Waals surface area (Å²) in [6.07, 6.45) is 1.65. The van der Waals surface area contributed by atoms with Crippen LogP contribution < -0.4 is 10.2 Å². The van der Waals surface area contributed by atoms with Crippen LogP contribution in [0, 0.1) is 11.8 Å². The van der Waals surface area contributed by atoms with Crippen LogP contribution in [0.15, 0.2) is 30.3 Å². The fourth-order valence-electron chi connectivity index (χ4n) is 3.52. The van der Waals surface area contributed by atoms with Crippen LogP contribution in [0.25, 0.3) is 0 Å². The molecule has 3 rings (SSSR count). The van der Waals surface area contributed by atoms with Crippen molar-refractivity contribution in [2.45, 2.75) is 32.2 Å². The first-order chi connectivity index (χ1) is 11.1. The fraction of sp³-hybridized carbons (Fsp3) is 0.471. The first kappa shape index (κ1) is 15.5. The van der Waals surface area contributed by atoms with Crippen LogP contribution in [0.5, 0.6) is 0 Å². The van der Waals surface area contributed by atoms with Crippen LogP contribution >= 0.6 is 0 Å². The lowest BCUT2D eigenvalue weighted by Crippen LogP contribution is -2.62. The zero-order valence-corrected chi connectivity index (χ0v) is 13.0. The Balaban J connectivity index is 1.88. The third kappa shape index (κ3) is 2.93. The number of anilines is 1. The highest BCUT2D eigenvalue weighted by atomic mass is 16.5. The number of urea groups is 1. The number of hydrogen-bond donors (Lipinski definition) is 1. The maximum absolute atomic E-state index is 12.3. The minimum atomic E-state index is -0.424. The number of hydrogen-bond acceptors (Lipinski definition) is 4. The molecular formula is C17H20N2O4. The van der Waals surface area contributed by atoms with Gasteiger partial charge >= 0.3 is 12.0 Å². The maximum atomic E-state index is 12.3. The lowest BCUT2D eigenvalue weighted by atomic mass is 9.76. The monoisotopic (exact) mass is 316 g/mol. The van der Waals surface area contributed by atoms with Gasteiger partial charge in [0, 0.05) is 5.69 Å². The molecule has 0 aromatic heterocycles. The molecule has 6 heteroatoms. The van der Waals surface area contributed by atoms with Gasteiger partial charge in [-0.25, -0.2) is 4.79 Å². The predicted molar refractivity (Wildman–Crippen MR) is 83.7 cm³/mol. The van der Waals surface area contributed by atoms with E-state index >= 15 is 0 Å². The second kappa shape index (κ2) is 6.40. The van der Waals surface area contributed by atoms with E-state index in [1.165, 1.54) is 0 Å². The van der Waals surface area contributed by atoms with Gasteiger partial charge in [-0.3, -0.25) is 19.8 Å². The van der Waals surface area contributed by atoms with E-state index in [1.54, 1.807) is 11.8 Å². The first-order valence-corrected chi connectivity index (χ1v) is 7.97. The molecule has 1 N–H and O–H groups in total. The quantitative estimate of drug-likeness (QED) is 0.866. The molecule has 3 amide bonds.